The Labute approximate surface area is 135 Å². The molecule has 3 rings (SSSR count). The molecule has 0 radical (unpaired) electrons. The minimum atomic E-state index is -0.518. The second kappa shape index (κ2) is 5.81. The van der Waals surface area contributed by atoms with Crippen LogP contribution in [0, 0.1) is 10.1 Å². The van der Waals surface area contributed by atoms with E-state index in [0.29, 0.717) is 11.3 Å². The van der Waals surface area contributed by atoms with E-state index in [0.717, 1.165) is 28.2 Å². The second-order valence-corrected chi connectivity index (χ2v) is 6.29. The van der Waals surface area contributed by atoms with Crippen LogP contribution in [0.25, 0.3) is 0 Å². The van der Waals surface area contributed by atoms with Gasteiger partial charge in [0.1, 0.15) is 0 Å². The number of nitro groups is 1. The van der Waals surface area contributed by atoms with E-state index < -0.39 is 4.92 Å². The molecule has 1 aliphatic rings. The zero-order valence-electron chi connectivity index (χ0n) is 12.2. The summed E-state index contributed by atoms with van der Waals surface area (Å²) in [6, 6.07) is 8.02. The summed E-state index contributed by atoms with van der Waals surface area (Å²) in [5.74, 6) is -0.398. The van der Waals surface area contributed by atoms with Crippen LogP contribution < -0.4 is 10.6 Å². The number of thiophene rings is 1. The Balaban J connectivity index is 1.72. The summed E-state index contributed by atoms with van der Waals surface area (Å²) in [7, 11) is 0. The summed E-state index contributed by atoms with van der Waals surface area (Å²) >= 11 is 0.841. The van der Waals surface area contributed by atoms with E-state index in [2.05, 4.69) is 10.6 Å². The number of amides is 2. The fourth-order valence-corrected chi connectivity index (χ4v) is 3.14. The van der Waals surface area contributed by atoms with Crippen LogP contribution >= 0.6 is 11.3 Å². The number of rotatable bonds is 4. The van der Waals surface area contributed by atoms with E-state index in [1.807, 2.05) is 25.1 Å². The number of anilines is 1. The van der Waals surface area contributed by atoms with Crippen LogP contribution in [0.2, 0.25) is 0 Å². The Morgan fingerprint density at radius 1 is 1.39 bits per heavy atom. The molecule has 0 saturated carbocycles. The molecule has 2 heterocycles. The summed E-state index contributed by atoms with van der Waals surface area (Å²) in [6.07, 6.45) is 0.334. The quantitative estimate of drug-likeness (QED) is 0.664. The maximum atomic E-state index is 12.2. The molecule has 1 aromatic carbocycles. The molecule has 7 nitrogen and oxygen atoms in total. The first-order chi connectivity index (χ1) is 10.9. The Morgan fingerprint density at radius 2 is 2.17 bits per heavy atom. The van der Waals surface area contributed by atoms with Crippen molar-refractivity contribution in [3.63, 3.8) is 0 Å². The lowest BCUT2D eigenvalue weighted by Crippen LogP contribution is -2.25. The van der Waals surface area contributed by atoms with Crippen LogP contribution in [-0.2, 0) is 11.2 Å². The zero-order valence-corrected chi connectivity index (χ0v) is 13.0. The molecule has 2 N–H and O–H groups in total. The Kier molecular flexibility index (Phi) is 3.83. The van der Waals surface area contributed by atoms with E-state index in [-0.39, 0.29) is 22.9 Å². The molecule has 1 aromatic heterocycles. The molecule has 1 atom stereocenters. The summed E-state index contributed by atoms with van der Waals surface area (Å²) in [5.41, 5.74) is 2.58. The molecular formula is C15H13N3O4S. The van der Waals surface area contributed by atoms with Crippen molar-refractivity contribution in [1.29, 1.82) is 0 Å². The summed E-state index contributed by atoms with van der Waals surface area (Å²) < 4.78 is 0. The largest absolute Gasteiger partial charge is 0.345 e. The molecule has 23 heavy (non-hydrogen) atoms. The van der Waals surface area contributed by atoms with E-state index in [9.17, 15) is 19.7 Å². The molecular weight excluding hydrogens is 318 g/mol. The van der Waals surface area contributed by atoms with E-state index in [1.54, 1.807) is 0 Å². The third-order valence-electron chi connectivity index (χ3n) is 3.60. The highest BCUT2D eigenvalue weighted by Gasteiger charge is 2.21. The minimum Gasteiger partial charge on any atom is -0.345 e. The first-order valence-electron chi connectivity index (χ1n) is 6.92. The topological polar surface area (TPSA) is 101 Å². The summed E-state index contributed by atoms with van der Waals surface area (Å²) in [4.78, 5) is 34.0. The number of hydrogen-bond donors (Lipinski definition) is 2. The average molecular weight is 331 g/mol. The van der Waals surface area contributed by atoms with Crippen molar-refractivity contribution in [2.45, 2.75) is 19.4 Å². The van der Waals surface area contributed by atoms with Gasteiger partial charge in [-0.1, -0.05) is 23.5 Å². The number of nitrogens with one attached hydrogen (secondary N) is 2. The number of fused-ring (bicyclic) bond motifs is 1. The van der Waals surface area contributed by atoms with Crippen LogP contribution in [0.1, 0.15) is 33.8 Å². The molecule has 2 amide bonds. The van der Waals surface area contributed by atoms with Gasteiger partial charge in [0.15, 0.2) is 0 Å². The second-order valence-electron chi connectivity index (χ2n) is 5.23. The predicted molar refractivity (Wildman–Crippen MR) is 85.6 cm³/mol. The molecule has 2 aromatic rings. The van der Waals surface area contributed by atoms with Crippen molar-refractivity contribution in [3.8, 4) is 0 Å². The smallest absolute Gasteiger partial charge is 0.324 e. The van der Waals surface area contributed by atoms with Gasteiger partial charge < -0.3 is 10.6 Å². The highest BCUT2D eigenvalue weighted by molar-refractivity contribution is 7.17. The van der Waals surface area contributed by atoms with E-state index in [4.69, 9.17) is 0 Å². The lowest BCUT2D eigenvalue weighted by molar-refractivity contribution is -0.380. The molecule has 1 aliphatic heterocycles. The first kappa shape index (κ1) is 15.2. The van der Waals surface area contributed by atoms with Gasteiger partial charge in [-0.05, 0) is 30.2 Å². The third-order valence-corrected chi connectivity index (χ3v) is 4.63. The van der Waals surface area contributed by atoms with Gasteiger partial charge in [-0.2, -0.15) is 0 Å². The van der Waals surface area contributed by atoms with Crippen molar-refractivity contribution in [2.75, 3.05) is 5.32 Å². The monoisotopic (exact) mass is 331 g/mol. The van der Waals surface area contributed by atoms with Gasteiger partial charge in [0.25, 0.3) is 5.91 Å². The van der Waals surface area contributed by atoms with Crippen LogP contribution in [0.3, 0.4) is 0 Å². The van der Waals surface area contributed by atoms with Crippen molar-refractivity contribution < 1.29 is 14.5 Å². The summed E-state index contributed by atoms with van der Waals surface area (Å²) in [6.45, 7) is 1.83. The van der Waals surface area contributed by atoms with Gasteiger partial charge in [0.2, 0.25) is 5.91 Å². The fourth-order valence-electron chi connectivity index (χ4n) is 2.42. The maximum Gasteiger partial charge on any atom is 0.324 e. The number of benzene rings is 1. The molecule has 1 unspecified atom stereocenters. The van der Waals surface area contributed by atoms with Crippen LogP contribution in [0.4, 0.5) is 10.7 Å². The van der Waals surface area contributed by atoms with Gasteiger partial charge in [0, 0.05) is 11.8 Å². The predicted octanol–water partition coefficient (Wildman–Crippen LogP) is 2.64. The van der Waals surface area contributed by atoms with Crippen molar-refractivity contribution in [1.82, 2.24) is 5.32 Å². The van der Waals surface area contributed by atoms with Crippen LogP contribution in [0.5, 0.6) is 0 Å². The zero-order chi connectivity index (χ0) is 16.6. The lowest BCUT2D eigenvalue weighted by Gasteiger charge is -2.14. The third kappa shape index (κ3) is 3.07. The molecule has 0 bridgehead atoms. The molecule has 0 spiro atoms. The number of hydrogen-bond acceptors (Lipinski definition) is 5. The van der Waals surface area contributed by atoms with Gasteiger partial charge in [-0.25, -0.2) is 0 Å². The molecule has 118 valence electrons. The average Bonchev–Trinajstić information content (AvgIpc) is 3.11. The number of nitrogens with zero attached hydrogens (tertiary/aromatic N) is 1. The van der Waals surface area contributed by atoms with Crippen molar-refractivity contribution in [2.24, 2.45) is 0 Å². The number of carbonyl (C=O) groups excluding carboxylic acids is 2. The maximum absolute atomic E-state index is 12.2. The van der Waals surface area contributed by atoms with Crippen LogP contribution in [-0.4, -0.2) is 16.7 Å². The molecule has 8 heteroatoms. The van der Waals surface area contributed by atoms with Gasteiger partial charge in [0.05, 0.1) is 22.3 Å². The van der Waals surface area contributed by atoms with E-state index >= 15 is 0 Å². The normalized spacial score (nSPS) is 14.0. The van der Waals surface area contributed by atoms with Gasteiger partial charge in [-0.15, -0.1) is 0 Å². The van der Waals surface area contributed by atoms with Crippen molar-refractivity contribution in [3.05, 3.63) is 56.5 Å². The Morgan fingerprint density at radius 3 is 2.87 bits per heavy atom. The van der Waals surface area contributed by atoms with Crippen LogP contribution in [0.15, 0.2) is 30.3 Å². The molecule has 0 aliphatic carbocycles. The summed E-state index contributed by atoms with van der Waals surface area (Å²) in [5, 5.41) is 16.2. The number of carbonyl (C=O) groups is 2. The SMILES string of the molecule is CC(NC(=O)c1ccc([N+](=O)[O-])s1)c1ccc2c(c1)CC(=O)N2. The highest BCUT2D eigenvalue weighted by Crippen LogP contribution is 2.27. The Bertz CT molecular complexity index is 815. The fraction of sp³-hybridized carbons (Fsp3) is 0.200. The molecule has 0 saturated heterocycles. The van der Waals surface area contributed by atoms with E-state index in [1.165, 1.54) is 12.1 Å². The molecule has 0 fully saturated rings. The standard InChI is InChI=1S/C15H13N3O4S/c1-8(9-2-3-11-10(6-9)7-13(19)17-11)16-15(20)12-4-5-14(23-12)18(21)22/h2-6,8H,7H2,1H3,(H,16,20)(H,17,19). The first-order valence-corrected chi connectivity index (χ1v) is 7.73. The van der Waals surface area contributed by atoms with Gasteiger partial charge in [-0.3, -0.25) is 19.7 Å². The van der Waals surface area contributed by atoms with Crippen molar-refractivity contribution >= 4 is 33.8 Å². The lowest BCUT2D eigenvalue weighted by atomic mass is 10.0. The Hall–Kier alpha value is -2.74. The minimum absolute atomic E-state index is 0.0419. The highest BCUT2D eigenvalue weighted by atomic mass is 32.1. The van der Waals surface area contributed by atoms with Gasteiger partial charge >= 0.3 is 5.00 Å².